The minimum absolute atomic E-state index is 0.148. The maximum atomic E-state index is 12.8. The number of amides is 1. The predicted molar refractivity (Wildman–Crippen MR) is 140 cm³/mol. The Morgan fingerprint density at radius 3 is 2.53 bits per heavy atom. The number of carboxylic acid groups (broad SMARTS) is 1. The van der Waals surface area contributed by atoms with Gasteiger partial charge in [0.1, 0.15) is 29.5 Å². The van der Waals surface area contributed by atoms with Crippen molar-refractivity contribution in [3.05, 3.63) is 76.7 Å². The van der Waals surface area contributed by atoms with Crippen LogP contribution in [0.5, 0.6) is 11.5 Å². The number of ether oxygens (including phenoxy) is 2. The number of carbonyl (C=O) groups excluding carboxylic acids is 1. The molecule has 196 valence electrons. The lowest BCUT2D eigenvalue weighted by Crippen LogP contribution is -2.28. The number of nitrogens with zero attached hydrogens (tertiary/aromatic N) is 2. The van der Waals surface area contributed by atoms with Crippen molar-refractivity contribution < 1.29 is 28.6 Å². The largest absolute Gasteiger partial charge is 0.494 e. The Bertz CT molecular complexity index is 1380. The van der Waals surface area contributed by atoms with Crippen LogP contribution in [-0.2, 0) is 16.1 Å². The highest BCUT2D eigenvalue weighted by Gasteiger charge is 2.33. The smallest absolute Gasteiger partial charge is 0.322 e. The van der Waals surface area contributed by atoms with E-state index in [0.29, 0.717) is 28.5 Å². The minimum Gasteiger partial charge on any atom is -0.494 e. The highest BCUT2D eigenvalue weighted by atomic mass is 16.5. The number of carbonyl (C=O) groups is 2. The first kappa shape index (κ1) is 26.2. The molecule has 0 spiro atoms. The third-order valence-corrected chi connectivity index (χ3v) is 6.33. The lowest BCUT2D eigenvalue weighted by Gasteiger charge is -2.23. The van der Waals surface area contributed by atoms with Crippen LogP contribution in [0, 0.1) is 11.3 Å². The Morgan fingerprint density at radius 1 is 1.18 bits per heavy atom. The Morgan fingerprint density at radius 2 is 1.92 bits per heavy atom. The molecule has 2 heterocycles. The summed E-state index contributed by atoms with van der Waals surface area (Å²) in [6.45, 7) is -0.00787. The number of aliphatic carboxylic acids is 1. The summed E-state index contributed by atoms with van der Waals surface area (Å²) in [5, 5.41) is 24.3. The number of nitriles is 1. The molecule has 0 fully saturated rings. The van der Waals surface area contributed by atoms with Crippen molar-refractivity contribution in [2.24, 2.45) is 0 Å². The number of rotatable bonds is 10. The Kier molecular flexibility index (Phi) is 7.87. The molecule has 0 aliphatic carbocycles. The van der Waals surface area contributed by atoms with Crippen molar-refractivity contribution in [1.82, 2.24) is 10.2 Å². The first-order chi connectivity index (χ1) is 18.3. The van der Waals surface area contributed by atoms with Gasteiger partial charge in [0.05, 0.1) is 51.1 Å². The van der Waals surface area contributed by atoms with Gasteiger partial charge in [-0.1, -0.05) is 6.07 Å². The van der Waals surface area contributed by atoms with E-state index >= 15 is 0 Å². The molecule has 0 unspecified atom stereocenters. The van der Waals surface area contributed by atoms with E-state index in [1.807, 2.05) is 30.2 Å². The van der Waals surface area contributed by atoms with Gasteiger partial charge in [-0.3, -0.25) is 9.59 Å². The van der Waals surface area contributed by atoms with Gasteiger partial charge in [-0.2, -0.15) is 5.26 Å². The normalized spacial score (nSPS) is 15.1. The van der Waals surface area contributed by atoms with Crippen molar-refractivity contribution in [3.63, 3.8) is 0 Å². The van der Waals surface area contributed by atoms with E-state index in [-0.39, 0.29) is 31.5 Å². The van der Waals surface area contributed by atoms with E-state index in [4.69, 9.17) is 19.0 Å². The number of benzene rings is 2. The Balaban J connectivity index is 1.67. The number of anilines is 1. The topological polar surface area (TPSA) is 137 Å². The van der Waals surface area contributed by atoms with Gasteiger partial charge in [0, 0.05) is 18.3 Å². The number of fused-ring (bicyclic) bond motifs is 1. The van der Waals surface area contributed by atoms with E-state index in [0.717, 1.165) is 22.4 Å². The van der Waals surface area contributed by atoms with Crippen LogP contribution in [0.4, 0.5) is 5.69 Å². The molecule has 1 amide bonds. The molecule has 0 saturated heterocycles. The average molecular weight is 517 g/mol. The van der Waals surface area contributed by atoms with Crippen LogP contribution in [-0.4, -0.2) is 49.7 Å². The lowest BCUT2D eigenvalue weighted by atomic mass is 9.98. The fourth-order valence-corrected chi connectivity index (χ4v) is 4.49. The van der Waals surface area contributed by atoms with Crippen molar-refractivity contribution in [3.8, 4) is 17.6 Å². The quantitative estimate of drug-likeness (QED) is 0.367. The average Bonchev–Trinajstić information content (AvgIpc) is 3.53. The zero-order chi connectivity index (χ0) is 27.2. The second-order valence-corrected chi connectivity index (χ2v) is 8.68. The molecule has 1 aromatic heterocycles. The number of nitrogens with one attached hydrogen (secondary N) is 2. The zero-order valence-electron chi connectivity index (χ0n) is 21.3. The highest BCUT2D eigenvalue weighted by Crippen LogP contribution is 2.44. The summed E-state index contributed by atoms with van der Waals surface area (Å²) >= 11 is 0. The third kappa shape index (κ3) is 5.57. The summed E-state index contributed by atoms with van der Waals surface area (Å²) in [5.74, 6) is 0.347. The van der Waals surface area contributed by atoms with Crippen LogP contribution in [0.15, 0.2) is 53.1 Å². The molecule has 3 N–H and O–H groups in total. The summed E-state index contributed by atoms with van der Waals surface area (Å²) in [6, 6.07) is 14.5. The SMILES string of the molecule is COc1cc(/C=C2\c3ccc(C#N)cc3[C@H](CC(=O)NCc3ccco3)N2C)cc(OC)c1NCC(=O)O. The fourth-order valence-electron chi connectivity index (χ4n) is 4.49. The molecule has 10 nitrogen and oxygen atoms in total. The molecule has 0 saturated carbocycles. The second-order valence-electron chi connectivity index (χ2n) is 8.68. The molecule has 0 radical (unpaired) electrons. The molecule has 2 aromatic carbocycles. The third-order valence-electron chi connectivity index (χ3n) is 6.33. The van der Waals surface area contributed by atoms with Crippen LogP contribution in [0.2, 0.25) is 0 Å². The molecule has 3 aromatic rings. The van der Waals surface area contributed by atoms with Crippen molar-refractivity contribution in [1.29, 1.82) is 5.26 Å². The molecular weight excluding hydrogens is 488 g/mol. The van der Waals surface area contributed by atoms with E-state index in [9.17, 15) is 14.9 Å². The number of furan rings is 1. The molecule has 1 atom stereocenters. The molecule has 0 bridgehead atoms. The van der Waals surface area contributed by atoms with Gasteiger partial charge in [-0.05, 0) is 53.6 Å². The molecule has 10 heteroatoms. The number of carboxylic acids is 1. The molecular formula is C28H28N4O6. The first-order valence-corrected chi connectivity index (χ1v) is 11.8. The van der Waals surface area contributed by atoms with Crippen LogP contribution in [0.1, 0.15) is 40.5 Å². The summed E-state index contributed by atoms with van der Waals surface area (Å²) in [7, 11) is 4.89. The van der Waals surface area contributed by atoms with Gasteiger partial charge >= 0.3 is 5.97 Å². The monoisotopic (exact) mass is 516 g/mol. The van der Waals surface area contributed by atoms with E-state index in [1.54, 1.807) is 36.6 Å². The predicted octanol–water partition coefficient (Wildman–Crippen LogP) is 3.86. The van der Waals surface area contributed by atoms with Crippen LogP contribution in [0.3, 0.4) is 0 Å². The van der Waals surface area contributed by atoms with Crippen LogP contribution in [0.25, 0.3) is 11.8 Å². The first-order valence-electron chi connectivity index (χ1n) is 11.8. The van der Waals surface area contributed by atoms with Gasteiger partial charge < -0.3 is 34.5 Å². The lowest BCUT2D eigenvalue weighted by molar-refractivity contribution is -0.135. The standard InChI is InChI=1S/C28H28N4O6/c1-32-22(10-18-11-24(36-2)28(25(12-18)37-3)31-16-27(34)35)20-7-6-17(14-29)9-21(20)23(32)13-26(33)30-15-19-5-4-8-38-19/h4-12,23,31H,13,15-16H2,1-3H3,(H,30,33)(H,34,35)/b22-10+/t23-/m0/s1. The van der Waals surface area contributed by atoms with E-state index in [1.165, 1.54) is 14.2 Å². The van der Waals surface area contributed by atoms with Crippen LogP contribution >= 0.6 is 0 Å². The van der Waals surface area contributed by atoms with Gasteiger partial charge in [-0.15, -0.1) is 0 Å². The summed E-state index contributed by atoms with van der Waals surface area (Å²) in [5.41, 5.74) is 4.33. The molecule has 1 aliphatic rings. The second kappa shape index (κ2) is 11.4. The number of methoxy groups -OCH3 is 2. The van der Waals surface area contributed by atoms with Crippen molar-refractivity contribution in [2.75, 3.05) is 33.1 Å². The summed E-state index contributed by atoms with van der Waals surface area (Å²) < 4.78 is 16.3. The van der Waals surface area contributed by atoms with Crippen molar-refractivity contribution in [2.45, 2.75) is 19.0 Å². The van der Waals surface area contributed by atoms with Gasteiger partial charge in [0.25, 0.3) is 0 Å². The maximum Gasteiger partial charge on any atom is 0.322 e. The van der Waals surface area contributed by atoms with Gasteiger partial charge in [0.15, 0.2) is 0 Å². The highest BCUT2D eigenvalue weighted by molar-refractivity contribution is 5.88. The molecule has 38 heavy (non-hydrogen) atoms. The summed E-state index contributed by atoms with van der Waals surface area (Å²) in [4.78, 5) is 25.9. The van der Waals surface area contributed by atoms with E-state index in [2.05, 4.69) is 16.7 Å². The Hall–Kier alpha value is -4.91. The maximum absolute atomic E-state index is 12.8. The zero-order valence-corrected chi connectivity index (χ0v) is 21.3. The minimum atomic E-state index is -1.01. The summed E-state index contributed by atoms with van der Waals surface area (Å²) in [6.07, 6.45) is 3.68. The fraction of sp³-hybridized carbons (Fsp3) is 0.250. The molecule has 1 aliphatic heterocycles. The van der Waals surface area contributed by atoms with Crippen molar-refractivity contribution >= 4 is 29.3 Å². The molecule has 4 rings (SSSR count). The number of hydrogen-bond acceptors (Lipinski definition) is 8. The van der Waals surface area contributed by atoms with Gasteiger partial charge in [-0.25, -0.2) is 0 Å². The van der Waals surface area contributed by atoms with Crippen LogP contribution < -0.4 is 20.1 Å². The van der Waals surface area contributed by atoms with Gasteiger partial charge in [0.2, 0.25) is 5.91 Å². The Labute approximate surface area is 220 Å². The number of hydrogen-bond donors (Lipinski definition) is 3. The van der Waals surface area contributed by atoms with E-state index < -0.39 is 5.97 Å².